The lowest BCUT2D eigenvalue weighted by molar-refractivity contribution is -0.151. The summed E-state index contributed by atoms with van der Waals surface area (Å²) < 4.78 is 10.7. The van der Waals surface area contributed by atoms with Gasteiger partial charge in [0.25, 0.3) is 0 Å². The van der Waals surface area contributed by atoms with Crippen molar-refractivity contribution in [3.8, 4) is 5.75 Å². The lowest BCUT2D eigenvalue weighted by Crippen LogP contribution is -2.30. The Morgan fingerprint density at radius 3 is 2.04 bits per heavy atom. The predicted molar refractivity (Wildman–Crippen MR) is 112 cm³/mol. The molecule has 2 rings (SSSR count). The molecule has 0 bridgehead atoms. The average molecular weight is 450 g/mol. The lowest BCUT2D eigenvalue weighted by atomic mass is 9.72. The molecule has 0 aromatic heterocycles. The molecular formula is C21H27Cl3O4. The Kier molecular flexibility index (Phi) is 8.47. The number of benzene rings is 1. The van der Waals surface area contributed by atoms with E-state index in [0.29, 0.717) is 22.8 Å². The molecule has 0 unspecified atom stereocenters. The van der Waals surface area contributed by atoms with E-state index in [0.717, 1.165) is 25.7 Å². The van der Waals surface area contributed by atoms with E-state index in [1.165, 1.54) is 12.1 Å². The van der Waals surface area contributed by atoms with Gasteiger partial charge in [0.2, 0.25) is 0 Å². The smallest absolute Gasteiger partial charge is 0.311 e. The van der Waals surface area contributed by atoms with E-state index >= 15 is 0 Å². The minimum absolute atomic E-state index is 0.00951. The number of carbonyl (C=O) groups is 2. The highest BCUT2D eigenvalue weighted by molar-refractivity contribution is 6.40. The van der Waals surface area contributed by atoms with Gasteiger partial charge in [-0.05, 0) is 55.6 Å². The zero-order chi connectivity index (χ0) is 20.9. The molecular weight excluding hydrogens is 423 g/mol. The van der Waals surface area contributed by atoms with Gasteiger partial charge in [-0.15, -0.1) is 0 Å². The molecule has 28 heavy (non-hydrogen) atoms. The first kappa shape index (κ1) is 23.3. The molecule has 1 aromatic carbocycles. The topological polar surface area (TPSA) is 52.6 Å². The third-order valence-corrected chi connectivity index (χ3v) is 5.92. The van der Waals surface area contributed by atoms with Crippen molar-refractivity contribution < 1.29 is 19.1 Å². The van der Waals surface area contributed by atoms with Gasteiger partial charge in [0, 0.05) is 17.9 Å². The van der Waals surface area contributed by atoms with Crippen LogP contribution in [-0.2, 0) is 14.3 Å². The fourth-order valence-electron chi connectivity index (χ4n) is 3.46. The Hall–Kier alpha value is -0.970. The van der Waals surface area contributed by atoms with Crippen LogP contribution in [0.15, 0.2) is 12.1 Å². The van der Waals surface area contributed by atoms with E-state index in [1.807, 2.05) is 0 Å². The minimum Gasteiger partial charge on any atom is -0.462 e. The van der Waals surface area contributed by atoms with Crippen molar-refractivity contribution >= 4 is 46.7 Å². The first-order chi connectivity index (χ1) is 13.1. The third kappa shape index (κ3) is 7.13. The maximum absolute atomic E-state index is 12.0. The molecule has 156 valence electrons. The molecule has 0 atom stereocenters. The van der Waals surface area contributed by atoms with E-state index in [1.54, 1.807) is 0 Å². The van der Waals surface area contributed by atoms with Gasteiger partial charge in [-0.2, -0.15) is 0 Å². The number of ether oxygens (including phenoxy) is 2. The molecule has 0 spiro atoms. The van der Waals surface area contributed by atoms with Gasteiger partial charge in [-0.1, -0.05) is 55.6 Å². The van der Waals surface area contributed by atoms with E-state index in [2.05, 4.69) is 20.8 Å². The second-order valence-electron chi connectivity index (χ2n) is 8.36. The first-order valence-electron chi connectivity index (χ1n) is 9.61. The Labute approximate surface area is 181 Å². The summed E-state index contributed by atoms with van der Waals surface area (Å²) in [7, 11) is 0. The van der Waals surface area contributed by atoms with Crippen LogP contribution in [0.2, 0.25) is 15.1 Å². The van der Waals surface area contributed by atoms with Crippen molar-refractivity contribution in [2.75, 3.05) is 0 Å². The molecule has 1 aliphatic rings. The van der Waals surface area contributed by atoms with E-state index in [4.69, 9.17) is 44.3 Å². The number of hydrogen-bond donors (Lipinski definition) is 0. The van der Waals surface area contributed by atoms with Crippen molar-refractivity contribution in [3.63, 3.8) is 0 Å². The van der Waals surface area contributed by atoms with E-state index in [-0.39, 0.29) is 40.7 Å². The van der Waals surface area contributed by atoms with Crippen LogP contribution >= 0.6 is 34.8 Å². The normalized spacial score (nSPS) is 19.9. The van der Waals surface area contributed by atoms with Crippen LogP contribution in [-0.4, -0.2) is 18.0 Å². The SMILES string of the molecule is CC(C)(C)C1CCC(OC(=O)CCCC(=O)Oc2c(Cl)cc(Cl)cc2Cl)CC1. The average Bonchev–Trinajstić information content (AvgIpc) is 2.57. The lowest BCUT2D eigenvalue weighted by Gasteiger charge is -2.36. The molecule has 7 heteroatoms. The maximum Gasteiger partial charge on any atom is 0.311 e. The van der Waals surface area contributed by atoms with Crippen molar-refractivity contribution in [1.29, 1.82) is 0 Å². The summed E-state index contributed by atoms with van der Waals surface area (Å²) in [5, 5.41) is 0.682. The summed E-state index contributed by atoms with van der Waals surface area (Å²) in [5.41, 5.74) is 0.297. The van der Waals surface area contributed by atoms with E-state index in [9.17, 15) is 9.59 Å². The molecule has 1 saturated carbocycles. The van der Waals surface area contributed by atoms with Crippen molar-refractivity contribution in [2.24, 2.45) is 11.3 Å². The molecule has 1 aromatic rings. The highest BCUT2D eigenvalue weighted by Gasteiger charge is 2.31. The Balaban J connectivity index is 1.69. The van der Waals surface area contributed by atoms with Crippen LogP contribution in [0, 0.1) is 11.3 Å². The van der Waals surface area contributed by atoms with Gasteiger partial charge < -0.3 is 9.47 Å². The van der Waals surface area contributed by atoms with Crippen LogP contribution in [0.1, 0.15) is 65.7 Å². The van der Waals surface area contributed by atoms with Crippen molar-refractivity contribution in [3.05, 3.63) is 27.2 Å². The highest BCUT2D eigenvalue weighted by atomic mass is 35.5. The Morgan fingerprint density at radius 1 is 0.964 bits per heavy atom. The maximum atomic E-state index is 12.0. The summed E-state index contributed by atoms with van der Waals surface area (Å²) in [4.78, 5) is 24.0. The molecule has 0 aliphatic heterocycles. The molecule has 0 radical (unpaired) electrons. The van der Waals surface area contributed by atoms with Gasteiger partial charge in [-0.25, -0.2) is 0 Å². The molecule has 1 aliphatic carbocycles. The Bertz CT molecular complexity index is 681. The van der Waals surface area contributed by atoms with Gasteiger partial charge in [0.15, 0.2) is 5.75 Å². The van der Waals surface area contributed by atoms with Gasteiger partial charge in [0.05, 0.1) is 10.0 Å². The zero-order valence-electron chi connectivity index (χ0n) is 16.5. The number of rotatable bonds is 6. The standard InChI is InChI=1S/C21H27Cl3O4/c1-21(2,3)13-7-9-15(10-8-13)27-18(25)5-4-6-19(26)28-20-16(23)11-14(22)12-17(20)24/h11-13,15H,4-10H2,1-3H3. The number of hydrogen-bond acceptors (Lipinski definition) is 4. The fraction of sp³-hybridized carbons (Fsp3) is 0.619. The molecule has 1 fully saturated rings. The summed E-state index contributed by atoms with van der Waals surface area (Å²) in [6, 6.07) is 2.90. The largest absolute Gasteiger partial charge is 0.462 e. The zero-order valence-corrected chi connectivity index (χ0v) is 18.8. The summed E-state index contributed by atoms with van der Waals surface area (Å²) in [5.74, 6) is -0.0289. The van der Waals surface area contributed by atoms with Crippen molar-refractivity contribution in [2.45, 2.75) is 71.8 Å². The summed E-state index contributed by atoms with van der Waals surface area (Å²) in [6.45, 7) is 6.77. The third-order valence-electron chi connectivity index (χ3n) is 5.14. The second-order valence-corrected chi connectivity index (χ2v) is 9.61. The molecule has 0 N–H and O–H groups in total. The summed E-state index contributed by atoms with van der Waals surface area (Å²) in [6.07, 6.45) is 4.55. The highest BCUT2D eigenvalue weighted by Crippen LogP contribution is 2.39. The van der Waals surface area contributed by atoms with Gasteiger partial charge >= 0.3 is 11.9 Å². The summed E-state index contributed by atoms with van der Waals surface area (Å²) >= 11 is 17.8. The van der Waals surface area contributed by atoms with Crippen molar-refractivity contribution in [1.82, 2.24) is 0 Å². The molecule has 0 amide bonds. The van der Waals surface area contributed by atoms with Gasteiger partial charge in [-0.3, -0.25) is 9.59 Å². The molecule has 0 saturated heterocycles. The number of carbonyl (C=O) groups excluding carboxylic acids is 2. The van der Waals surface area contributed by atoms with Crippen LogP contribution < -0.4 is 4.74 Å². The van der Waals surface area contributed by atoms with Crippen LogP contribution in [0.25, 0.3) is 0 Å². The number of esters is 2. The fourth-order valence-corrected chi connectivity index (χ4v) is 4.35. The Morgan fingerprint density at radius 2 is 1.50 bits per heavy atom. The molecule has 4 nitrogen and oxygen atoms in total. The predicted octanol–water partition coefficient (Wildman–Crippen LogP) is 6.87. The van der Waals surface area contributed by atoms with Crippen LogP contribution in [0.3, 0.4) is 0 Å². The second kappa shape index (κ2) is 10.2. The molecule has 0 heterocycles. The quantitative estimate of drug-likeness (QED) is 0.351. The minimum atomic E-state index is -0.510. The van der Waals surface area contributed by atoms with E-state index < -0.39 is 5.97 Å². The van der Waals surface area contributed by atoms with Crippen LogP contribution in [0.4, 0.5) is 0 Å². The van der Waals surface area contributed by atoms with Gasteiger partial charge in [0.1, 0.15) is 6.10 Å². The van der Waals surface area contributed by atoms with Crippen LogP contribution in [0.5, 0.6) is 5.75 Å². The monoisotopic (exact) mass is 448 g/mol. The number of halogens is 3. The first-order valence-corrected chi connectivity index (χ1v) is 10.7.